The van der Waals surface area contributed by atoms with Gasteiger partial charge in [-0.2, -0.15) is 0 Å². The van der Waals surface area contributed by atoms with Crippen LogP contribution >= 0.6 is 11.8 Å². The number of rotatable bonds is 8. The quantitative estimate of drug-likeness (QED) is 0.221. The van der Waals surface area contributed by atoms with Crippen LogP contribution in [0.4, 0.5) is 10.1 Å². The Labute approximate surface area is 199 Å². The summed E-state index contributed by atoms with van der Waals surface area (Å²) in [6.07, 6.45) is 0. The van der Waals surface area contributed by atoms with Crippen LogP contribution in [0.15, 0.2) is 78.0 Å². The molecule has 34 heavy (non-hydrogen) atoms. The van der Waals surface area contributed by atoms with E-state index in [2.05, 4.69) is 15.5 Å². The molecule has 4 rings (SSSR count). The van der Waals surface area contributed by atoms with Crippen molar-refractivity contribution in [3.8, 4) is 5.69 Å². The predicted octanol–water partition coefficient (Wildman–Crippen LogP) is 4.85. The average molecular weight is 478 g/mol. The molecule has 3 aromatic carbocycles. The number of nitrogens with one attached hydrogen (secondary N) is 1. The highest BCUT2D eigenvalue weighted by molar-refractivity contribution is 7.98. The van der Waals surface area contributed by atoms with Gasteiger partial charge in [0.05, 0.1) is 11.5 Å². The largest absolute Gasteiger partial charge is 0.345 e. The van der Waals surface area contributed by atoms with E-state index in [4.69, 9.17) is 0 Å². The molecule has 0 bridgehead atoms. The molecule has 0 aliphatic heterocycles. The number of thioether (sulfide) groups is 1. The molecule has 1 heterocycles. The van der Waals surface area contributed by atoms with Gasteiger partial charge in [-0.05, 0) is 48.4 Å². The Kier molecular flexibility index (Phi) is 6.98. The lowest BCUT2D eigenvalue weighted by atomic mass is 10.1. The minimum Gasteiger partial charge on any atom is -0.345 e. The van der Waals surface area contributed by atoms with Gasteiger partial charge in [-0.1, -0.05) is 42.1 Å². The van der Waals surface area contributed by atoms with Crippen LogP contribution in [0.5, 0.6) is 0 Å². The number of non-ortho nitro benzene ring substituents is 1. The molecule has 172 valence electrons. The summed E-state index contributed by atoms with van der Waals surface area (Å²) >= 11 is 1.47. The number of amides is 1. The number of aryl methyl sites for hydroxylation is 1. The average Bonchev–Trinajstić information content (AvgIpc) is 3.24. The molecule has 0 saturated heterocycles. The van der Waals surface area contributed by atoms with Crippen molar-refractivity contribution < 1.29 is 14.1 Å². The highest BCUT2D eigenvalue weighted by Crippen LogP contribution is 2.27. The van der Waals surface area contributed by atoms with E-state index in [-0.39, 0.29) is 17.8 Å². The second kappa shape index (κ2) is 10.3. The fourth-order valence-corrected chi connectivity index (χ4v) is 4.34. The standard InChI is InChI=1S/C24H20FN5O3S/c1-16-5-2-3-6-18(16)15-34-24-28-27-22(14-26-23(31)17-7-4-8-19(25)13-17)29(24)20-9-11-21(12-10-20)30(32)33/h2-13H,14-15H2,1H3,(H,26,31). The normalized spacial score (nSPS) is 10.8. The number of benzene rings is 3. The second-order valence-electron chi connectivity index (χ2n) is 7.42. The number of hydrogen-bond acceptors (Lipinski definition) is 6. The molecule has 1 aromatic heterocycles. The molecule has 0 saturated carbocycles. The van der Waals surface area contributed by atoms with Crippen LogP contribution in [0.25, 0.3) is 5.69 Å². The number of halogens is 1. The van der Waals surface area contributed by atoms with Gasteiger partial charge in [-0.25, -0.2) is 4.39 Å². The van der Waals surface area contributed by atoms with Gasteiger partial charge in [0.15, 0.2) is 11.0 Å². The molecule has 0 aliphatic carbocycles. The molecule has 0 atom stereocenters. The van der Waals surface area contributed by atoms with E-state index in [1.807, 2.05) is 31.2 Å². The highest BCUT2D eigenvalue weighted by Gasteiger charge is 2.17. The SMILES string of the molecule is Cc1ccccc1CSc1nnc(CNC(=O)c2cccc(F)c2)n1-c1ccc([N+](=O)[O-])cc1. The van der Waals surface area contributed by atoms with Gasteiger partial charge in [-0.3, -0.25) is 19.5 Å². The molecule has 0 aliphatic rings. The van der Waals surface area contributed by atoms with Crippen molar-refractivity contribution >= 4 is 23.4 Å². The van der Waals surface area contributed by atoms with Crippen molar-refractivity contribution in [2.24, 2.45) is 0 Å². The Bertz CT molecular complexity index is 1340. The molecular weight excluding hydrogens is 457 g/mol. The summed E-state index contributed by atoms with van der Waals surface area (Å²) < 4.78 is 15.2. The fourth-order valence-electron chi connectivity index (χ4n) is 3.30. The number of carbonyl (C=O) groups excluding carboxylic acids is 1. The molecule has 1 amide bonds. The van der Waals surface area contributed by atoms with E-state index in [0.717, 1.165) is 17.2 Å². The van der Waals surface area contributed by atoms with Gasteiger partial charge in [0.25, 0.3) is 11.6 Å². The zero-order valence-electron chi connectivity index (χ0n) is 18.1. The molecule has 0 unspecified atom stereocenters. The maximum atomic E-state index is 13.5. The topological polar surface area (TPSA) is 103 Å². The third-order valence-corrected chi connectivity index (χ3v) is 6.11. The van der Waals surface area contributed by atoms with Gasteiger partial charge >= 0.3 is 0 Å². The molecule has 10 heteroatoms. The summed E-state index contributed by atoms with van der Waals surface area (Å²) in [4.78, 5) is 23.1. The third kappa shape index (κ3) is 5.29. The molecule has 0 spiro atoms. The first-order valence-electron chi connectivity index (χ1n) is 10.3. The maximum Gasteiger partial charge on any atom is 0.269 e. The maximum absolute atomic E-state index is 13.5. The summed E-state index contributed by atoms with van der Waals surface area (Å²) in [5.74, 6) is 0.127. The smallest absolute Gasteiger partial charge is 0.269 e. The van der Waals surface area contributed by atoms with E-state index >= 15 is 0 Å². The minimum absolute atomic E-state index is 0.0320. The van der Waals surface area contributed by atoms with Gasteiger partial charge in [0.1, 0.15) is 5.82 Å². The lowest BCUT2D eigenvalue weighted by Crippen LogP contribution is -2.24. The van der Waals surface area contributed by atoms with E-state index in [1.165, 1.54) is 42.1 Å². The monoisotopic (exact) mass is 477 g/mol. The molecular formula is C24H20FN5O3S. The lowest BCUT2D eigenvalue weighted by molar-refractivity contribution is -0.384. The van der Waals surface area contributed by atoms with Gasteiger partial charge in [-0.15, -0.1) is 10.2 Å². The van der Waals surface area contributed by atoms with Crippen LogP contribution in [-0.2, 0) is 12.3 Å². The van der Waals surface area contributed by atoms with Crippen LogP contribution < -0.4 is 5.32 Å². The zero-order chi connectivity index (χ0) is 24.1. The summed E-state index contributed by atoms with van der Waals surface area (Å²) in [5.41, 5.74) is 3.08. The molecule has 0 radical (unpaired) electrons. The van der Waals surface area contributed by atoms with Crippen molar-refractivity contribution in [3.63, 3.8) is 0 Å². The number of nitrogens with zero attached hydrogens (tertiary/aromatic N) is 4. The first-order chi connectivity index (χ1) is 16.4. The Morgan fingerprint density at radius 3 is 2.56 bits per heavy atom. The first kappa shape index (κ1) is 23.1. The third-order valence-electron chi connectivity index (χ3n) is 5.13. The first-order valence-corrected chi connectivity index (χ1v) is 11.3. The lowest BCUT2D eigenvalue weighted by Gasteiger charge is -2.11. The van der Waals surface area contributed by atoms with Crippen LogP contribution in [0.3, 0.4) is 0 Å². The number of hydrogen-bond donors (Lipinski definition) is 1. The molecule has 8 nitrogen and oxygen atoms in total. The van der Waals surface area contributed by atoms with E-state index in [9.17, 15) is 19.3 Å². The summed E-state index contributed by atoms with van der Waals surface area (Å²) in [6, 6.07) is 19.4. The van der Waals surface area contributed by atoms with E-state index in [1.54, 1.807) is 16.7 Å². The van der Waals surface area contributed by atoms with Crippen LogP contribution in [0, 0.1) is 22.9 Å². The van der Waals surface area contributed by atoms with E-state index < -0.39 is 16.6 Å². The van der Waals surface area contributed by atoms with Gasteiger partial charge in [0, 0.05) is 29.1 Å². The van der Waals surface area contributed by atoms with Crippen LogP contribution in [0.1, 0.15) is 27.3 Å². The Hall–Kier alpha value is -4.05. The Morgan fingerprint density at radius 2 is 1.85 bits per heavy atom. The zero-order valence-corrected chi connectivity index (χ0v) is 19.0. The Balaban J connectivity index is 1.60. The van der Waals surface area contributed by atoms with Crippen LogP contribution in [-0.4, -0.2) is 25.6 Å². The Morgan fingerprint density at radius 1 is 1.09 bits per heavy atom. The summed E-state index contributed by atoms with van der Waals surface area (Å²) in [7, 11) is 0. The summed E-state index contributed by atoms with van der Waals surface area (Å²) in [6.45, 7) is 2.06. The second-order valence-corrected chi connectivity index (χ2v) is 8.36. The highest BCUT2D eigenvalue weighted by atomic mass is 32.2. The number of nitro groups is 1. The number of carbonyl (C=O) groups is 1. The molecule has 0 fully saturated rings. The molecule has 4 aromatic rings. The van der Waals surface area contributed by atoms with Gasteiger partial charge in [0.2, 0.25) is 0 Å². The van der Waals surface area contributed by atoms with Crippen molar-refractivity contribution in [2.45, 2.75) is 24.4 Å². The number of aromatic nitrogens is 3. The predicted molar refractivity (Wildman–Crippen MR) is 126 cm³/mol. The fraction of sp³-hybridized carbons (Fsp3) is 0.125. The van der Waals surface area contributed by atoms with Crippen molar-refractivity contribution in [1.29, 1.82) is 0 Å². The summed E-state index contributed by atoms with van der Waals surface area (Å²) in [5, 5.41) is 22.9. The van der Waals surface area contributed by atoms with Crippen molar-refractivity contribution in [3.05, 3.63) is 111 Å². The van der Waals surface area contributed by atoms with Crippen LogP contribution in [0.2, 0.25) is 0 Å². The van der Waals surface area contributed by atoms with Crippen molar-refractivity contribution in [2.75, 3.05) is 0 Å². The van der Waals surface area contributed by atoms with E-state index in [0.29, 0.717) is 22.4 Å². The van der Waals surface area contributed by atoms with Gasteiger partial charge < -0.3 is 5.32 Å². The minimum atomic E-state index is -0.503. The number of nitro benzene ring substituents is 1. The molecule has 1 N–H and O–H groups in total. The van der Waals surface area contributed by atoms with Crippen molar-refractivity contribution in [1.82, 2.24) is 20.1 Å².